The van der Waals surface area contributed by atoms with Crippen molar-refractivity contribution in [2.75, 3.05) is 12.4 Å². The van der Waals surface area contributed by atoms with Gasteiger partial charge in [0.1, 0.15) is 12.1 Å². The highest BCUT2D eigenvalue weighted by Crippen LogP contribution is 2.17. The van der Waals surface area contributed by atoms with E-state index < -0.39 is 11.5 Å². The van der Waals surface area contributed by atoms with Crippen molar-refractivity contribution in [1.29, 1.82) is 0 Å². The van der Waals surface area contributed by atoms with Crippen molar-refractivity contribution in [3.63, 3.8) is 0 Å². The van der Waals surface area contributed by atoms with E-state index in [1.54, 1.807) is 25.1 Å². The number of carbonyl (C=O) groups excluding carboxylic acids is 2. The molecule has 0 bridgehead atoms. The molecule has 0 aliphatic rings. The minimum Gasteiger partial charge on any atom is -0.466 e. The molecule has 0 aliphatic heterocycles. The normalized spacial score (nSPS) is 10.5. The lowest BCUT2D eigenvalue weighted by atomic mass is 10.1. The Morgan fingerprint density at radius 3 is 2.72 bits per heavy atom. The summed E-state index contributed by atoms with van der Waals surface area (Å²) in [6, 6.07) is 7.16. The predicted octanol–water partition coefficient (Wildman–Crippen LogP) is 2.02. The molecule has 0 fully saturated rings. The smallest absolute Gasteiger partial charge is 0.313 e. The number of hydrogen-bond acceptors (Lipinski definition) is 7. The zero-order chi connectivity index (χ0) is 18.2. The number of esters is 1. The van der Waals surface area contributed by atoms with Crippen LogP contribution in [-0.2, 0) is 20.7 Å². The first-order valence-corrected chi connectivity index (χ1v) is 8.85. The largest absolute Gasteiger partial charge is 0.466 e. The zero-order valence-electron chi connectivity index (χ0n) is 13.5. The number of ketones is 1. The van der Waals surface area contributed by atoms with Crippen LogP contribution < -0.4 is 5.56 Å². The van der Waals surface area contributed by atoms with Crippen molar-refractivity contribution < 1.29 is 14.3 Å². The van der Waals surface area contributed by atoms with Crippen LogP contribution in [-0.4, -0.2) is 39.3 Å². The number of ether oxygens (including phenoxy) is 1. The molecule has 0 spiro atoms. The lowest BCUT2D eigenvalue weighted by molar-refractivity contribution is -0.145. The Morgan fingerprint density at radius 2 is 2.04 bits per heavy atom. The van der Waals surface area contributed by atoms with E-state index in [1.165, 1.54) is 0 Å². The number of rotatable bonds is 8. The molecule has 0 amide bonds. The van der Waals surface area contributed by atoms with E-state index in [0.29, 0.717) is 5.02 Å². The maximum Gasteiger partial charge on any atom is 0.313 e. The van der Waals surface area contributed by atoms with Gasteiger partial charge >= 0.3 is 5.97 Å². The average molecular weight is 382 g/mol. The van der Waals surface area contributed by atoms with Gasteiger partial charge in [-0.05, 0) is 18.6 Å². The fourth-order valence-electron chi connectivity index (χ4n) is 1.92. The molecule has 1 heterocycles. The Bertz CT molecular complexity index is 825. The van der Waals surface area contributed by atoms with E-state index in [4.69, 9.17) is 16.3 Å². The summed E-state index contributed by atoms with van der Waals surface area (Å²) < 4.78 is 4.70. The van der Waals surface area contributed by atoms with Crippen molar-refractivity contribution >= 4 is 35.1 Å². The summed E-state index contributed by atoms with van der Waals surface area (Å²) in [5, 5.41) is 8.57. The third-order valence-electron chi connectivity index (χ3n) is 3.08. The Hall–Kier alpha value is -2.19. The van der Waals surface area contributed by atoms with Gasteiger partial charge in [-0.1, -0.05) is 41.6 Å². The van der Waals surface area contributed by atoms with Gasteiger partial charge in [0, 0.05) is 11.4 Å². The highest BCUT2D eigenvalue weighted by Gasteiger charge is 2.13. The average Bonchev–Trinajstić information content (AvgIpc) is 2.57. The van der Waals surface area contributed by atoms with Crippen LogP contribution in [0.4, 0.5) is 0 Å². The molecule has 1 aromatic carbocycles. The molecule has 1 N–H and O–H groups in total. The number of thioether (sulfide) groups is 1. The van der Waals surface area contributed by atoms with Crippen molar-refractivity contribution in [2.45, 2.75) is 24.9 Å². The second-order valence-electron chi connectivity index (χ2n) is 4.98. The number of Topliss-reactive ketones (excluding diaryl/α,β-unsaturated/α-hetero) is 1. The molecule has 9 heteroatoms. The number of aromatic amines is 1. The minimum absolute atomic E-state index is 0.00665. The van der Waals surface area contributed by atoms with Crippen LogP contribution >= 0.6 is 23.4 Å². The molecule has 0 unspecified atom stereocenters. The number of nitrogens with one attached hydrogen (secondary N) is 1. The van der Waals surface area contributed by atoms with Crippen LogP contribution in [0.3, 0.4) is 0 Å². The number of carbonyl (C=O) groups is 2. The van der Waals surface area contributed by atoms with Crippen LogP contribution in [0, 0.1) is 0 Å². The summed E-state index contributed by atoms with van der Waals surface area (Å²) in [5.74, 6) is -0.887. The van der Waals surface area contributed by atoms with Crippen LogP contribution in [0.1, 0.15) is 24.6 Å². The molecule has 0 radical (unpaired) electrons. The highest BCUT2D eigenvalue weighted by molar-refractivity contribution is 7.99. The summed E-state index contributed by atoms with van der Waals surface area (Å²) in [6.45, 7) is 1.90. The molecule has 0 atom stereocenters. The standard InChI is InChI=1S/C16H16ClN3O4S/c1-2-24-14(22)8-11(21)9-25-16-18-15(23)13(19-20-16)7-10-5-3-4-6-12(10)17/h3-6H,2,7-9H2,1H3,(H,18,20,23). The summed E-state index contributed by atoms with van der Waals surface area (Å²) in [7, 11) is 0. The first-order chi connectivity index (χ1) is 12.0. The summed E-state index contributed by atoms with van der Waals surface area (Å²) in [4.78, 5) is 37.5. The van der Waals surface area contributed by atoms with Crippen molar-refractivity contribution in [3.05, 3.63) is 50.9 Å². The second-order valence-corrected chi connectivity index (χ2v) is 6.35. The molecular formula is C16H16ClN3O4S. The van der Waals surface area contributed by atoms with Gasteiger partial charge in [0.25, 0.3) is 5.56 Å². The van der Waals surface area contributed by atoms with Gasteiger partial charge in [-0.3, -0.25) is 19.4 Å². The summed E-state index contributed by atoms with van der Waals surface area (Å²) in [5.41, 5.74) is 0.611. The molecule has 1 aromatic heterocycles. The van der Waals surface area contributed by atoms with E-state index >= 15 is 0 Å². The number of benzene rings is 1. The van der Waals surface area contributed by atoms with Crippen molar-refractivity contribution in [3.8, 4) is 0 Å². The second kappa shape index (κ2) is 9.33. The van der Waals surface area contributed by atoms with Gasteiger partial charge in [-0.25, -0.2) is 0 Å². The molecule has 25 heavy (non-hydrogen) atoms. The van der Waals surface area contributed by atoms with Crippen LogP contribution in [0.5, 0.6) is 0 Å². The SMILES string of the molecule is CCOC(=O)CC(=O)CSc1nnc(Cc2ccccc2Cl)c(=O)[nH]1. The summed E-state index contributed by atoms with van der Waals surface area (Å²) in [6.07, 6.45) is -0.0438. The fraction of sp³-hybridized carbons (Fsp3) is 0.312. The number of H-pyrrole nitrogens is 1. The molecule has 7 nitrogen and oxygen atoms in total. The predicted molar refractivity (Wildman–Crippen MR) is 93.9 cm³/mol. The maximum absolute atomic E-state index is 12.1. The Labute approximate surface area is 153 Å². The molecule has 0 aliphatic carbocycles. The number of aromatic nitrogens is 3. The zero-order valence-corrected chi connectivity index (χ0v) is 15.0. The van der Waals surface area contributed by atoms with Gasteiger partial charge in [-0.15, -0.1) is 10.2 Å². The highest BCUT2D eigenvalue weighted by atomic mass is 35.5. The van der Waals surface area contributed by atoms with Gasteiger partial charge in [0.15, 0.2) is 10.9 Å². The van der Waals surface area contributed by atoms with Crippen molar-refractivity contribution in [2.24, 2.45) is 0 Å². The van der Waals surface area contributed by atoms with E-state index in [2.05, 4.69) is 15.2 Å². The number of nitrogens with zero attached hydrogens (tertiary/aromatic N) is 2. The molecule has 0 saturated carbocycles. The van der Waals surface area contributed by atoms with E-state index in [-0.39, 0.29) is 41.8 Å². The maximum atomic E-state index is 12.1. The Morgan fingerprint density at radius 1 is 1.28 bits per heavy atom. The van der Waals surface area contributed by atoms with E-state index in [1.807, 2.05) is 6.07 Å². The Balaban J connectivity index is 1.95. The van der Waals surface area contributed by atoms with Gasteiger partial charge in [0.2, 0.25) is 0 Å². The molecular weight excluding hydrogens is 366 g/mol. The molecule has 132 valence electrons. The molecule has 2 rings (SSSR count). The van der Waals surface area contributed by atoms with Gasteiger partial charge in [0.05, 0.1) is 12.4 Å². The topological polar surface area (TPSA) is 102 Å². The first kappa shape index (κ1) is 19.1. The lowest BCUT2D eigenvalue weighted by Gasteiger charge is -2.04. The van der Waals surface area contributed by atoms with Crippen LogP contribution in [0.15, 0.2) is 34.2 Å². The quantitative estimate of drug-likeness (QED) is 0.424. The van der Waals surface area contributed by atoms with Crippen LogP contribution in [0.2, 0.25) is 5.02 Å². The monoisotopic (exact) mass is 381 g/mol. The lowest BCUT2D eigenvalue weighted by Crippen LogP contribution is -2.19. The third kappa shape index (κ3) is 5.99. The first-order valence-electron chi connectivity index (χ1n) is 7.49. The van der Waals surface area contributed by atoms with E-state index in [0.717, 1.165) is 17.3 Å². The fourth-order valence-corrected chi connectivity index (χ4v) is 2.79. The van der Waals surface area contributed by atoms with Gasteiger partial charge < -0.3 is 4.74 Å². The molecule has 2 aromatic rings. The van der Waals surface area contributed by atoms with Gasteiger partial charge in [-0.2, -0.15) is 0 Å². The third-order valence-corrected chi connectivity index (χ3v) is 4.37. The number of halogens is 1. The number of hydrogen-bond donors (Lipinski definition) is 1. The van der Waals surface area contributed by atoms with Crippen molar-refractivity contribution in [1.82, 2.24) is 15.2 Å². The van der Waals surface area contributed by atoms with Crippen LogP contribution in [0.25, 0.3) is 0 Å². The van der Waals surface area contributed by atoms with E-state index in [9.17, 15) is 14.4 Å². The summed E-state index contributed by atoms with van der Waals surface area (Å²) >= 11 is 7.07. The molecule has 0 saturated heterocycles. The Kier molecular flexibility index (Phi) is 7.15. The minimum atomic E-state index is -0.567.